The van der Waals surface area contributed by atoms with Crippen molar-refractivity contribution >= 4 is 23.0 Å². The van der Waals surface area contributed by atoms with E-state index < -0.39 is 0 Å². The average Bonchev–Trinajstić information content (AvgIpc) is 3.50. The Hall–Kier alpha value is -3.58. The Bertz CT molecular complexity index is 1160. The zero-order valence-electron chi connectivity index (χ0n) is 16.1. The first-order chi connectivity index (χ1) is 14.7. The van der Waals surface area contributed by atoms with Crippen molar-refractivity contribution < 1.29 is 9.52 Å². The molecule has 0 bridgehead atoms. The van der Waals surface area contributed by atoms with Crippen LogP contribution in [0.15, 0.2) is 89.8 Å². The fourth-order valence-electron chi connectivity index (χ4n) is 3.99. The lowest BCUT2D eigenvalue weighted by molar-refractivity contribution is 0.465. The molecule has 0 saturated carbocycles. The minimum Gasteiger partial charge on any atom is -0.506 e. The van der Waals surface area contributed by atoms with Gasteiger partial charge in [-0.1, -0.05) is 18.2 Å². The molecular formula is C23H20N4O2S. The summed E-state index contributed by atoms with van der Waals surface area (Å²) in [7, 11) is 0. The summed E-state index contributed by atoms with van der Waals surface area (Å²) in [4.78, 5) is 6.54. The van der Waals surface area contributed by atoms with Gasteiger partial charge >= 0.3 is 0 Å². The Labute approximate surface area is 179 Å². The van der Waals surface area contributed by atoms with E-state index in [0.717, 1.165) is 17.1 Å². The summed E-state index contributed by atoms with van der Waals surface area (Å²) >= 11 is 5.72. The van der Waals surface area contributed by atoms with E-state index in [4.69, 9.17) is 16.6 Å². The molecule has 0 radical (unpaired) electrons. The van der Waals surface area contributed by atoms with Crippen LogP contribution in [0.3, 0.4) is 0 Å². The van der Waals surface area contributed by atoms with Gasteiger partial charge in [-0.15, -0.1) is 0 Å². The van der Waals surface area contributed by atoms with E-state index in [9.17, 15) is 5.11 Å². The number of benzene rings is 1. The van der Waals surface area contributed by atoms with Crippen LogP contribution in [0, 0.1) is 0 Å². The molecule has 1 aromatic carbocycles. The third-order valence-corrected chi connectivity index (χ3v) is 5.63. The largest absolute Gasteiger partial charge is 0.506 e. The SMILES string of the molecule is Oc1ccccc1N1C(=S)N[C@@H](c2ccccn2)[C@@H]1c1cccn1Cc1ccco1. The van der Waals surface area contributed by atoms with Crippen LogP contribution in [0.5, 0.6) is 5.75 Å². The van der Waals surface area contributed by atoms with Crippen molar-refractivity contribution in [3.05, 3.63) is 103 Å². The molecule has 4 aromatic rings. The zero-order valence-corrected chi connectivity index (χ0v) is 16.9. The highest BCUT2D eigenvalue weighted by atomic mass is 32.1. The van der Waals surface area contributed by atoms with Gasteiger partial charge in [-0.2, -0.15) is 0 Å². The fourth-order valence-corrected chi connectivity index (χ4v) is 4.33. The number of para-hydroxylation sites is 2. The fraction of sp³-hybridized carbons (Fsp3) is 0.130. The van der Waals surface area contributed by atoms with Crippen LogP contribution in [0.25, 0.3) is 0 Å². The summed E-state index contributed by atoms with van der Waals surface area (Å²) < 4.78 is 7.70. The highest BCUT2D eigenvalue weighted by Gasteiger charge is 2.42. The van der Waals surface area contributed by atoms with Gasteiger partial charge in [-0.3, -0.25) is 4.98 Å². The topological polar surface area (TPSA) is 66.5 Å². The normalized spacial score (nSPS) is 18.5. The van der Waals surface area contributed by atoms with Gasteiger partial charge in [0.15, 0.2) is 5.11 Å². The number of nitrogens with zero attached hydrogens (tertiary/aromatic N) is 3. The van der Waals surface area contributed by atoms with Crippen molar-refractivity contribution in [3.63, 3.8) is 0 Å². The van der Waals surface area contributed by atoms with Crippen LogP contribution >= 0.6 is 12.2 Å². The van der Waals surface area contributed by atoms with Crippen LogP contribution in [-0.4, -0.2) is 19.8 Å². The first kappa shape index (κ1) is 18.4. The van der Waals surface area contributed by atoms with E-state index in [0.29, 0.717) is 17.3 Å². The minimum absolute atomic E-state index is 0.177. The predicted molar refractivity (Wildman–Crippen MR) is 118 cm³/mol. The Kier molecular flexibility index (Phi) is 4.72. The molecule has 1 aliphatic heterocycles. The minimum atomic E-state index is -0.203. The molecule has 150 valence electrons. The quantitative estimate of drug-likeness (QED) is 0.470. The van der Waals surface area contributed by atoms with Gasteiger partial charge in [0.25, 0.3) is 0 Å². The Balaban J connectivity index is 1.63. The predicted octanol–water partition coefficient (Wildman–Crippen LogP) is 4.41. The van der Waals surface area contributed by atoms with Crippen LogP contribution < -0.4 is 10.2 Å². The third kappa shape index (κ3) is 3.23. The molecule has 1 saturated heterocycles. The van der Waals surface area contributed by atoms with Gasteiger partial charge in [0.1, 0.15) is 17.6 Å². The molecule has 30 heavy (non-hydrogen) atoms. The standard InChI is InChI=1S/C23H20N4O2S/c28-20-11-2-1-9-18(20)27-22(21(25-23(27)30)17-8-3-4-12-24-17)19-10-5-13-26(19)15-16-7-6-14-29-16/h1-14,21-22,28H,15H2,(H,25,30)/t21-,22-/m0/s1. The second-order valence-corrected chi connectivity index (χ2v) is 7.51. The summed E-state index contributed by atoms with van der Waals surface area (Å²) in [6, 6.07) is 20.6. The molecule has 3 aromatic heterocycles. The van der Waals surface area contributed by atoms with Gasteiger partial charge < -0.3 is 24.3 Å². The Morgan fingerprint density at radius 1 is 1.03 bits per heavy atom. The first-order valence-electron chi connectivity index (χ1n) is 9.68. The molecular weight excluding hydrogens is 396 g/mol. The molecule has 4 heterocycles. The number of anilines is 1. The maximum absolute atomic E-state index is 10.6. The number of hydrogen-bond donors (Lipinski definition) is 2. The molecule has 0 unspecified atom stereocenters. The van der Waals surface area contributed by atoms with E-state index in [1.54, 1.807) is 24.6 Å². The van der Waals surface area contributed by atoms with Crippen LogP contribution in [0.2, 0.25) is 0 Å². The molecule has 0 amide bonds. The molecule has 2 N–H and O–H groups in total. The Morgan fingerprint density at radius 3 is 2.67 bits per heavy atom. The summed E-state index contributed by atoms with van der Waals surface area (Å²) in [5.74, 6) is 1.04. The summed E-state index contributed by atoms with van der Waals surface area (Å²) in [5, 5.41) is 14.5. The number of phenolic OH excluding ortho intramolecular Hbond substituents is 1. The number of pyridine rings is 1. The van der Waals surface area contributed by atoms with Crippen LogP contribution in [0.4, 0.5) is 5.69 Å². The lowest BCUT2D eigenvalue weighted by Gasteiger charge is -2.29. The number of rotatable bonds is 5. The number of phenols is 1. The molecule has 7 heteroatoms. The number of thiocarbonyl (C=S) groups is 1. The van der Waals surface area contributed by atoms with E-state index in [-0.39, 0.29) is 17.8 Å². The summed E-state index contributed by atoms with van der Waals surface area (Å²) in [6.07, 6.45) is 5.48. The second-order valence-electron chi connectivity index (χ2n) is 7.13. The molecule has 1 fully saturated rings. The van der Waals surface area contributed by atoms with Gasteiger partial charge in [-0.25, -0.2) is 0 Å². The maximum atomic E-state index is 10.6. The number of nitrogens with one attached hydrogen (secondary N) is 1. The van der Waals surface area contributed by atoms with Crippen molar-refractivity contribution in [2.75, 3.05) is 4.90 Å². The van der Waals surface area contributed by atoms with Crippen LogP contribution in [0.1, 0.15) is 29.2 Å². The highest BCUT2D eigenvalue weighted by Crippen LogP contribution is 2.44. The lowest BCUT2D eigenvalue weighted by Crippen LogP contribution is -2.30. The van der Waals surface area contributed by atoms with Crippen LogP contribution in [-0.2, 0) is 6.54 Å². The molecule has 0 aliphatic carbocycles. The van der Waals surface area contributed by atoms with Gasteiger partial charge in [0.05, 0.1) is 30.2 Å². The number of furan rings is 1. The molecule has 0 spiro atoms. The molecule has 5 rings (SSSR count). The van der Waals surface area contributed by atoms with E-state index >= 15 is 0 Å². The zero-order chi connectivity index (χ0) is 20.5. The summed E-state index contributed by atoms with van der Waals surface area (Å²) in [6.45, 7) is 0.599. The second kappa shape index (κ2) is 7.68. The van der Waals surface area contributed by atoms with E-state index in [1.165, 1.54) is 0 Å². The van der Waals surface area contributed by atoms with Crippen molar-refractivity contribution in [1.29, 1.82) is 0 Å². The molecule has 2 atom stereocenters. The van der Waals surface area contributed by atoms with E-state index in [1.807, 2.05) is 59.6 Å². The van der Waals surface area contributed by atoms with Gasteiger partial charge in [-0.05, 0) is 60.7 Å². The maximum Gasteiger partial charge on any atom is 0.174 e. The molecule has 6 nitrogen and oxygen atoms in total. The van der Waals surface area contributed by atoms with Crippen molar-refractivity contribution in [2.45, 2.75) is 18.6 Å². The lowest BCUT2D eigenvalue weighted by atomic mass is 10.0. The first-order valence-corrected chi connectivity index (χ1v) is 10.1. The van der Waals surface area contributed by atoms with Gasteiger partial charge in [0.2, 0.25) is 0 Å². The highest BCUT2D eigenvalue weighted by molar-refractivity contribution is 7.80. The van der Waals surface area contributed by atoms with Crippen molar-refractivity contribution in [3.8, 4) is 5.75 Å². The summed E-state index contributed by atoms with van der Waals surface area (Å²) in [5.41, 5.74) is 2.58. The number of hydrogen-bond acceptors (Lipinski definition) is 4. The monoisotopic (exact) mass is 416 g/mol. The van der Waals surface area contributed by atoms with Crippen molar-refractivity contribution in [2.24, 2.45) is 0 Å². The van der Waals surface area contributed by atoms with E-state index in [2.05, 4.69) is 20.9 Å². The average molecular weight is 417 g/mol. The van der Waals surface area contributed by atoms with Crippen molar-refractivity contribution in [1.82, 2.24) is 14.9 Å². The third-order valence-electron chi connectivity index (χ3n) is 5.31. The number of aromatic hydroxyl groups is 1. The Morgan fingerprint density at radius 2 is 1.90 bits per heavy atom. The smallest absolute Gasteiger partial charge is 0.174 e. The number of aromatic nitrogens is 2. The van der Waals surface area contributed by atoms with Gasteiger partial charge in [0, 0.05) is 18.1 Å². The molecule has 1 aliphatic rings.